The van der Waals surface area contributed by atoms with E-state index < -0.39 is 35.7 Å². The topological polar surface area (TPSA) is 142 Å². The molecule has 0 bridgehead atoms. The maximum absolute atomic E-state index is 14.8. The number of amides is 2. The van der Waals surface area contributed by atoms with E-state index in [2.05, 4.69) is 44.0 Å². The van der Waals surface area contributed by atoms with E-state index >= 15 is 0 Å². The van der Waals surface area contributed by atoms with Gasteiger partial charge in [0.25, 0.3) is 11.8 Å². The minimum Gasteiger partial charge on any atom is -0.478 e. The minimum absolute atomic E-state index is 0.00267. The third-order valence-electron chi connectivity index (χ3n) is 9.17. The summed E-state index contributed by atoms with van der Waals surface area (Å²) in [6.07, 6.45) is -0.609. The number of carbonyl (C=O) groups excluding carboxylic acids is 2. The van der Waals surface area contributed by atoms with Crippen molar-refractivity contribution < 1.29 is 28.7 Å². The first-order valence-corrected chi connectivity index (χ1v) is 16.4. The standard InChI is InChI=1S/C35H33ClFN7O5/c1-19(2)32-40-39-29-18-42(15-16-43(29)32)27-8-4-5-23-22(27)13-14-44(31(23)33(45)38-21-11-9-20(10-12-21)35(47)48)34(46)28-17-26(41-49-28)24-6-3-7-25(36)30(24)37/h3-12,19,28,31H,13-18H2,1-2H3,(H,38,45)(H,47,48)/t28-,31-/m0/s1. The summed E-state index contributed by atoms with van der Waals surface area (Å²) in [7, 11) is 0. The highest BCUT2D eigenvalue weighted by Crippen LogP contribution is 2.39. The summed E-state index contributed by atoms with van der Waals surface area (Å²) in [6.45, 7) is 6.37. The van der Waals surface area contributed by atoms with Crippen LogP contribution in [0.4, 0.5) is 15.8 Å². The Morgan fingerprint density at radius 1 is 1.02 bits per heavy atom. The Morgan fingerprint density at radius 3 is 2.55 bits per heavy atom. The number of hydrogen-bond acceptors (Lipinski definition) is 8. The molecule has 0 unspecified atom stereocenters. The zero-order valence-corrected chi connectivity index (χ0v) is 27.5. The number of benzene rings is 3. The molecule has 12 nitrogen and oxygen atoms in total. The van der Waals surface area contributed by atoms with Gasteiger partial charge in [-0.1, -0.05) is 48.8 Å². The second-order valence-corrected chi connectivity index (χ2v) is 12.9. The van der Waals surface area contributed by atoms with Gasteiger partial charge in [0.05, 0.1) is 22.8 Å². The molecule has 2 amide bonds. The van der Waals surface area contributed by atoms with E-state index in [4.69, 9.17) is 16.4 Å². The van der Waals surface area contributed by atoms with E-state index in [1.807, 2.05) is 18.2 Å². The molecule has 0 saturated heterocycles. The van der Waals surface area contributed by atoms with Crippen LogP contribution in [0.2, 0.25) is 5.02 Å². The molecule has 0 aliphatic carbocycles. The summed E-state index contributed by atoms with van der Waals surface area (Å²) < 4.78 is 17.0. The average molecular weight is 686 g/mol. The van der Waals surface area contributed by atoms with Crippen molar-refractivity contribution in [1.82, 2.24) is 19.7 Å². The zero-order chi connectivity index (χ0) is 34.4. The first kappa shape index (κ1) is 32.3. The smallest absolute Gasteiger partial charge is 0.335 e. The van der Waals surface area contributed by atoms with Gasteiger partial charge in [-0.2, -0.15) is 0 Å². The van der Waals surface area contributed by atoms with Crippen LogP contribution in [0, 0.1) is 5.82 Å². The van der Waals surface area contributed by atoms with Gasteiger partial charge in [0.2, 0.25) is 6.10 Å². The molecule has 0 fully saturated rings. The van der Waals surface area contributed by atoms with E-state index in [-0.39, 0.29) is 40.7 Å². The van der Waals surface area contributed by atoms with Gasteiger partial charge >= 0.3 is 5.97 Å². The van der Waals surface area contributed by atoms with Crippen LogP contribution in [0.1, 0.15) is 70.9 Å². The van der Waals surface area contributed by atoms with E-state index in [9.17, 15) is 23.9 Å². The highest BCUT2D eigenvalue weighted by molar-refractivity contribution is 6.31. The maximum Gasteiger partial charge on any atom is 0.335 e. The van der Waals surface area contributed by atoms with Crippen LogP contribution in [0.25, 0.3) is 0 Å². The summed E-state index contributed by atoms with van der Waals surface area (Å²) in [5, 5.41) is 25.0. The molecule has 0 spiro atoms. The van der Waals surface area contributed by atoms with Gasteiger partial charge < -0.3 is 29.6 Å². The van der Waals surface area contributed by atoms with Crippen LogP contribution in [-0.2, 0) is 33.9 Å². The van der Waals surface area contributed by atoms with Crippen molar-refractivity contribution in [3.05, 3.63) is 105 Å². The van der Waals surface area contributed by atoms with Crippen molar-refractivity contribution in [1.29, 1.82) is 0 Å². The molecule has 14 heteroatoms. The number of halogens is 2. The molecule has 3 aromatic carbocycles. The Balaban J connectivity index is 1.19. The van der Waals surface area contributed by atoms with Gasteiger partial charge in [-0.15, -0.1) is 10.2 Å². The number of carbonyl (C=O) groups is 3. The molecule has 252 valence electrons. The van der Waals surface area contributed by atoms with Gasteiger partial charge in [0.15, 0.2) is 11.6 Å². The number of carboxylic acids is 1. The number of carboxylic acid groups (broad SMARTS) is 1. The molecule has 4 heterocycles. The van der Waals surface area contributed by atoms with Crippen LogP contribution in [-0.4, -0.2) is 67.5 Å². The number of fused-ring (bicyclic) bond motifs is 2. The van der Waals surface area contributed by atoms with Crippen molar-refractivity contribution in [2.75, 3.05) is 23.3 Å². The number of anilines is 2. The summed E-state index contributed by atoms with van der Waals surface area (Å²) >= 11 is 5.98. The van der Waals surface area contributed by atoms with Crippen molar-refractivity contribution in [3.8, 4) is 0 Å². The molecule has 3 aliphatic rings. The summed E-state index contributed by atoms with van der Waals surface area (Å²) in [5.74, 6) is -0.621. The second-order valence-electron chi connectivity index (χ2n) is 12.5. The molecule has 2 N–H and O–H groups in total. The van der Waals surface area contributed by atoms with Crippen LogP contribution in [0.5, 0.6) is 0 Å². The molecule has 0 saturated carbocycles. The lowest BCUT2D eigenvalue weighted by Crippen LogP contribution is -2.49. The molecular weight excluding hydrogens is 653 g/mol. The number of rotatable bonds is 7. The lowest BCUT2D eigenvalue weighted by Gasteiger charge is -2.40. The van der Waals surface area contributed by atoms with Crippen LogP contribution in [0.15, 0.2) is 65.8 Å². The SMILES string of the molecule is CC(C)c1nnc2n1CCN(c1cccc3c1CCN(C(=O)[C@@H]1CC(c4cccc(Cl)c4F)=NO1)[C@@H]3C(=O)Nc1ccc(C(=O)O)cc1)C2. The second kappa shape index (κ2) is 13.0. The van der Waals surface area contributed by atoms with Crippen LogP contribution >= 0.6 is 11.6 Å². The van der Waals surface area contributed by atoms with Crippen molar-refractivity contribution in [3.63, 3.8) is 0 Å². The zero-order valence-electron chi connectivity index (χ0n) is 26.8. The van der Waals surface area contributed by atoms with Gasteiger partial charge in [-0.05, 0) is 60.0 Å². The Bertz CT molecular complexity index is 2000. The number of nitrogens with zero attached hydrogens (tertiary/aromatic N) is 6. The molecule has 0 radical (unpaired) electrons. The highest BCUT2D eigenvalue weighted by atomic mass is 35.5. The Hall–Kier alpha value is -5.30. The van der Waals surface area contributed by atoms with Gasteiger partial charge in [0.1, 0.15) is 11.9 Å². The van der Waals surface area contributed by atoms with E-state index in [0.717, 1.165) is 29.4 Å². The van der Waals surface area contributed by atoms with Crippen molar-refractivity contribution in [2.45, 2.75) is 57.8 Å². The van der Waals surface area contributed by atoms with E-state index in [1.54, 1.807) is 6.07 Å². The average Bonchev–Trinajstić information content (AvgIpc) is 3.76. The van der Waals surface area contributed by atoms with E-state index in [0.29, 0.717) is 30.8 Å². The number of aromatic nitrogens is 3. The molecule has 49 heavy (non-hydrogen) atoms. The predicted molar refractivity (Wildman–Crippen MR) is 179 cm³/mol. The first-order chi connectivity index (χ1) is 23.6. The quantitative estimate of drug-likeness (QED) is 0.271. The van der Waals surface area contributed by atoms with Crippen LogP contribution in [0.3, 0.4) is 0 Å². The Labute approximate surface area is 286 Å². The number of nitrogens with one attached hydrogen (secondary N) is 1. The summed E-state index contributed by atoms with van der Waals surface area (Å²) in [5.41, 5.74) is 3.39. The van der Waals surface area contributed by atoms with Gasteiger partial charge in [0, 0.05) is 48.9 Å². The molecule has 3 aliphatic heterocycles. The molecule has 2 atom stereocenters. The minimum atomic E-state index is -1.09. The van der Waals surface area contributed by atoms with Gasteiger partial charge in [-0.25, -0.2) is 9.18 Å². The molecular formula is C35H33ClFN7O5. The maximum atomic E-state index is 14.8. The summed E-state index contributed by atoms with van der Waals surface area (Å²) in [6, 6.07) is 15.0. The lowest BCUT2D eigenvalue weighted by atomic mass is 9.89. The molecule has 4 aromatic rings. The van der Waals surface area contributed by atoms with Gasteiger partial charge in [-0.3, -0.25) is 9.59 Å². The third-order valence-corrected chi connectivity index (χ3v) is 9.46. The molecule has 1 aromatic heterocycles. The Morgan fingerprint density at radius 2 is 1.80 bits per heavy atom. The number of aromatic carboxylic acids is 1. The molecule has 7 rings (SSSR count). The number of oxime groups is 1. The largest absolute Gasteiger partial charge is 0.478 e. The lowest BCUT2D eigenvalue weighted by molar-refractivity contribution is -0.148. The highest BCUT2D eigenvalue weighted by Gasteiger charge is 2.42. The van der Waals surface area contributed by atoms with Crippen LogP contribution < -0.4 is 10.2 Å². The Kier molecular flexibility index (Phi) is 8.53. The monoisotopic (exact) mass is 685 g/mol. The third kappa shape index (κ3) is 5.99. The van der Waals surface area contributed by atoms with Crippen molar-refractivity contribution >= 4 is 46.5 Å². The fourth-order valence-electron chi connectivity index (χ4n) is 6.77. The first-order valence-electron chi connectivity index (χ1n) is 16.0. The normalized spacial score (nSPS) is 18.4. The summed E-state index contributed by atoms with van der Waals surface area (Å²) in [4.78, 5) is 48.9. The van der Waals surface area contributed by atoms with Crippen molar-refractivity contribution in [2.24, 2.45) is 5.16 Å². The van der Waals surface area contributed by atoms with E-state index in [1.165, 1.54) is 41.3 Å². The predicted octanol–water partition coefficient (Wildman–Crippen LogP) is 5.17. The fourth-order valence-corrected chi connectivity index (χ4v) is 6.94. The fraction of sp³-hybridized carbons (Fsp3) is 0.314. The number of hydrogen-bond donors (Lipinski definition) is 2.